The average Bonchev–Trinajstić information content (AvgIpc) is 3.31. The van der Waals surface area contributed by atoms with E-state index in [-0.39, 0.29) is 17.9 Å². The Labute approximate surface area is 183 Å². The van der Waals surface area contributed by atoms with Crippen LogP contribution < -0.4 is 5.32 Å². The second kappa shape index (κ2) is 9.24. The minimum atomic E-state index is -3.57. The molecular formula is C24H28N2O4S. The van der Waals surface area contributed by atoms with Gasteiger partial charge in [-0.1, -0.05) is 30.3 Å². The van der Waals surface area contributed by atoms with Gasteiger partial charge in [0, 0.05) is 31.5 Å². The van der Waals surface area contributed by atoms with Crippen LogP contribution in [-0.2, 0) is 21.2 Å². The monoisotopic (exact) mass is 440 g/mol. The molecule has 0 saturated carbocycles. The van der Waals surface area contributed by atoms with Crippen LogP contribution in [0.5, 0.6) is 0 Å². The van der Waals surface area contributed by atoms with E-state index in [1.54, 1.807) is 18.4 Å². The van der Waals surface area contributed by atoms with Crippen molar-refractivity contribution in [3.8, 4) is 0 Å². The van der Waals surface area contributed by atoms with Crippen LogP contribution in [0.4, 0.5) is 0 Å². The molecule has 6 nitrogen and oxygen atoms in total. The summed E-state index contributed by atoms with van der Waals surface area (Å²) in [5.41, 5.74) is 0. The summed E-state index contributed by atoms with van der Waals surface area (Å²) in [7, 11) is -3.57. The van der Waals surface area contributed by atoms with Gasteiger partial charge in [-0.2, -0.15) is 4.31 Å². The number of rotatable bonds is 7. The van der Waals surface area contributed by atoms with Crippen LogP contribution >= 0.6 is 0 Å². The molecule has 164 valence electrons. The van der Waals surface area contributed by atoms with Crippen LogP contribution in [0.3, 0.4) is 0 Å². The first-order valence-electron chi connectivity index (χ1n) is 10.8. The number of carbonyl (C=O) groups is 1. The minimum Gasteiger partial charge on any atom is -0.469 e. The Bertz CT molecular complexity index is 1130. The van der Waals surface area contributed by atoms with Crippen LogP contribution in [0, 0.1) is 5.92 Å². The standard InChI is InChI=1S/C24H28N2O4S/c1-18(8-10-22-7-4-16-30-22)25-24(27)20-12-14-26(15-13-20)31(28,29)23-11-9-19-5-2-3-6-21(19)17-23/h2-7,9,11,16-18,20H,8,10,12-15H2,1H3,(H,25,27). The van der Waals surface area contributed by atoms with Gasteiger partial charge in [-0.3, -0.25) is 4.79 Å². The first-order valence-corrected chi connectivity index (χ1v) is 12.2. The third-order valence-electron chi connectivity index (χ3n) is 5.98. The Hall–Kier alpha value is -2.64. The predicted molar refractivity (Wildman–Crippen MR) is 120 cm³/mol. The van der Waals surface area contributed by atoms with E-state index in [1.165, 1.54) is 4.31 Å². The normalized spacial score (nSPS) is 16.9. The summed E-state index contributed by atoms with van der Waals surface area (Å²) < 4.78 is 33.0. The summed E-state index contributed by atoms with van der Waals surface area (Å²) in [6.45, 7) is 2.70. The van der Waals surface area contributed by atoms with E-state index in [9.17, 15) is 13.2 Å². The molecule has 0 aliphatic carbocycles. The number of hydrogen-bond acceptors (Lipinski definition) is 4. The Morgan fingerprint density at radius 1 is 1.10 bits per heavy atom. The minimum absolute atomic E-state index is 0.00898. The topological polar surface area (TPSA) is 79.6 Å². The quantitative estimate of drug-likeness (QED) is 0.603. The van der Waals surface area contributed by atoms with E-state index in [0.29, 0.717) is 30.8 Å². The van der Waals surface area contributed by atoms with E-state index in [2.05, 4.69) is 5.32 Å². The molecule has 1 atom stereocenters. The number of sulfonamides is 1. The highest BCUT2D eigenvalue weighted by Crippen LogP contribution is 2.26. The number of carbonyl (C=O) groups excluding carboxylic acids is 1. The van der Waals surface area contributed by atoms with E-state index >= 15 is 0 Å². The largest absolute Gasteiger partial charge is 0.469 e. The lowest BCUT2D eigenvalue weighted by Gasteiger charge is -2.31. The molecule has 0 radical (unpaired) electrons. The van der Waals surface area contributed by atoms with Gasteiger partial charge in [0.1, 0.15) is 5.76 Å². The summed E-state index contributed by atoms with van der Waals surface area (Å²) in [5.74, 6) is 0.761. The number of nitrogens with zero attached hydrogens (tertiary/aromatic N) is 1. The van der Waals surface area contributed by atoms with Crippen molar-refractivity contribution >= 4 is 26.7 Å². The van der Waals surface area contributed by atoms with Gasteiger partial charge in [0.2, 0.25) is 15.9 Å². The molecule has 1 saturated heterocycles. The molecule has 3 aromatic rings. The number of nitrogens with one attached hydrogen (secondary N) is 1. The maximum absolute atomic E-state index is 13.1. The fraction of sp³-hybridized carbons (Fsp3) is 0.375. The van der Waals surface area contributed by atoms with Gasteiger partial charge in [0.15, 0.2) is 0 Å². The van der Waals surface area contributed by atoms with Crippen molar-refractivity contribution in [2.45, 2.75) is 43.5 Å². The number of hydrogen-bond donors (Lipinski definition) is 1. The molecule has 1 aliphatic rings. The van der Waals surface area contributed by atoms with Gasteiger partial charge in [0.25, 0.3) is 0 Å². The molecule has 2 heterocycles. The molecule has 0 bridgehead atoms. The number of fused-ring (bicyclic) bond motifs is 1. The van der Waals surface area contributed by atoms with E-state index in [1.807, 2.05) is 49.4 Å². The predicted octanol–water partition coefficient (Wildman–Crippen LogP) is 3.97. The summed E-state index contributed by atoms with van der Waals surface area (Å²) in [4.78, 5) is 12.9. The summed E-state index contributed by atoms with van der Waals surface area (Å²) in [6.07, 6.45) is 4.29. The van der Waals surface area contributed by atoms with E-state index < -0.39 is 10.0 Å². The van der Waals surface area contributed by atoms with E-state index in [0.717, 1.165) is 29.4 Å². The molecule has 1 aliphatic heterocycles. The van der Waals surface area contributed by atoms with Gasteiger partial charge in [-0.25, -0.2) is 8.42 Å². The molecule has 0 spiro atoms. The lowest BCUT2D eigenvalue weighted by atomic mass is 9.96. The lowest BCUT2D eigenvalue weighted by Crippen LogP contribution is -2.44. The molecule has 7 heteroatoms. The Morgan fingerprint density at radius 3 is 2.55 bits per heavy atom. The lowest BCUT2D eigenvalue weighted by molar-refractivity contribution is -0.126. The Balaban J connectivity index is 1.32. The number of aryl methyl sites for hydroxylation is 1. The van der Waals surface area contributed by atoms with Gasteiger partial charge < -0.3 is 9.73 Å². The van der Waals surface area contributed by atoms with Crippen molar-refractivity contribution in [1.82, 2.24) is 9.62 Å². The molecule has 4 rings (SSSR count). The molecular weight excluding hydrogens is 412 g/mol. The summed E-state index contributed by atoms with van der Waals surface area (Å²) in [6, 6.07) is 16.8. The molecule has 1 aromatic heterocycles. The zero-order chi connectivity index (χ0) is 21.8. The molecule has 1 unspecified atom stereocenters. The second-order valence-corrected chi connectivity index (χ2v) is 10.2. The van der Waals surface area contributed by atoms with Gasteiger partial charge in [-0.15, -0.1) is 0 Å². The number of piperidine rings is 1. The third kappa shape index (κ3) is 4.99. The third-order valence-corrected chi connectivity index (χ3v) is 7.87. The molecule has 1 fully saturated rings. The van der Waals surface area contributed by atoms with Crippen molar-refractivity contribution in [3.63, 3.8) is 0 Å². The zero-order valence-corrected chi connectivity index (χ0v) is 18.5. The summed E-state index contributed by atoms with van der Waals surface area (Å²) >= 11 is 0. The maximum atomic E-state index is 13.1. The fourth-order valence-corrected chi connectivity index (χ4v) is 5.59. The highest BCUT2D eigenvalue weighted by atomic mass is 32.2. The van der Waals surface area contributed by atoms with Crippen LogP contribution in [0.2, 0.25) is 0 Å². The van der Waals surface area contributed by atoms with Crippen molar-refractivity contribution in [2.24, 2.45) is 5.92 Å². The Morgan fingerprint density at radius 2 is 1.84 bits per heavy atom. The number of furan rings is 1. The van der Waals surface area contributed by atoms with Crippen molar-refractivity contribution in [3.05, 3.63) is 66.6 Å². The maximum Gasteiger partial charge on any atom is 0.243 e. The highest BCUT2D eigenvalue weighted by Gasteiger charge is 2.32. The van der Waals surface area contributed by atoms with Gasteiger partial charge >= 0.3 is 0 Å². The molecule has 31 heavy (non-hydrogen) atoms. The van der Waals surface area contributed by atoms with Gasteiger partial charge in [0.05, 0.1) is 11.2 Å². The van der Waals surface area contributed by atoms with Crippen molar-refractivity contribution in [1.29, 1.82) is 0 Å². The second-order valence-electron chi connectivity index (χ2n) is 8.21. The zero-order valence-electron chi connectivity index (χ0n) is 17.7. The van der Waals surface area contributed by atoms with Crippen LogP contribution in [0.25, 0.3) is 10.8 Å². The van der Waals surface area contributed by atoms with Crippen molar-refractivity contribution < 1.29 is 17.6 Å². The van der Waals surface area contributed by atoms with Gasteiger partial charge in [-0.05, 0) is 61.2 Å². The first-order chi connectivity index (χ1) is 14.9. The van der Waals surface area contributed by atoms with Crippen LogP contribution in [-0.4, -0.2) is 37.8 Å². The van der Waals surface area contributed by atoms with E-state index in [4.69, 9.17) is 4.42 Å². The van der Waals surface area contributed by atoms with Crippen molar-refractivity contribution in [2.75, 3.05) is 13.1 Å². The summed E-state index contributed by atoms with van der Waals surface area (Å²) in [5, 5.41) is 4.98. The SMILES string of the molecule is CC(CCc1ccco1)NC(=O)C1CCN(S(=O)(=O)c2ccc3ccccc3c2)CC1. The number of benzene rings is 2. The van der Waals surface area contributed by atoms with Crippen LogP contribution in [0.15, 0.2) is 70.2 Å². The van der Waals surface area contributed by atoms with Crippen LogP contribution in [0.1, 0.15) is 31.9 Å². The molecule has 1 N–H and O–H groups in total. The molecule has 1 amide bonds. The Kier molecular flexibility index (Phi) is 6.43. The first kappa shape index (κ1) is 21.6. The smallest absolute Gasteiger partial charge is 0.243 e. The highest BCUT2D eigenvalue weighted by molar-refractivity contribution is 7.89. The fourth-order valence-electron chi connectivity index (χ4n) is 4.08. The number of amides is 1. The molecule has 2 aromatic carbocycles. The average molecular weight is 441 g/mol.